The summed E-state index contributed by atoms with van der Waals surface area (Å²) in [5.74, 6) is 0.721. The number of nitrogens with zero attached hydrogens (tertiary/aromatic N) is 5. The van der Waals surface area contributed by atoms with Crippen molar-refractivity contribution in [3.8, 4) is 5.69 Å². The first kappa shape index (κ1) is 18.7. The maximum atomic E-state index is 12.5. The highest BCUT2D eigenvalue weighted by atomic mass is 16.2. The zero-order valence-corrected chi connectivity index (χ0v) is 17.1. The lowest BCUT2D eigenvalue weighted by atomic mass is 9.88. The van der Waals surface area contributed by atoms with E-state index in [9.17, 15) is 4.79 Å². The molecule has 2 aliphatic rings. The first-order valence-electron chi connectivity index (χ1n) is 9.80. The molecule has 28 heavy (non-hydrogen) atoms. The molecule has 1 aromatic heterocycles. The Morgan fingerprint density at radius 1 is 1.18 bits per heavy atom. The quantitative estimate of drug-likeness (QED) is 0.883. The molecule has 1 spiro atoms. The van der Waals surface area contributed by atoms with Crippen LogP contribution in [0.3, 0.4) is 0 Å². The lowest BCUT2D eigenvalue weighted by molar-refractivity contribution is -0.125. The normalized spacial score (nSPS) is 19.0. The SMILES string of the molecule is Cc1cc(C)n(-c2cccc(CN3CCC4(CC3)N=C(N(C)C)NC4=O)c2)n1. The van der Waals surface area contributed by atoms with Gasteiger partial charge in [-0.05, 0) is 50.5 Å². The zero-order valence-electron chi connectivity index (χ0n) is 17.1. The third kappa shape index (κ3) is 3.42. The molecule has 1 aromatic carbocycles. The van der Waals surface area contributed by atoms with Crippen LogP contribution in [0.2, 0.25) is 0 Å². The van der Waals surface area contributed by atoms with E-state index in [1.165, 1.54) is 5.56 Å². The number of hydrogen-bond donors (Lipinski definition) is 1. The van der Waals surface area contributed by atoms with Gasteiger partial charge in [0.25, 0.3) is 5.91 Å². The molecule has 3 heterocycles. The van der Waals surface area contributed by atoms with Gasteiger partial charge >= 0.3 is 0 Å². The van der Waals surface area contributed by atoms with E-state index in [0.717, 1.165) is 49.6 Å². The Kier molecular flexibility index (Phi) is 4.71. The van der Waals surface area contributed by atoms with Crippen molar-refractivity contribution in [2.45, 2.75) is 38.8 Å². The smallest absolute Gasteiger partial charge is 0.254 e. The molecule has 0 atom stereocenters. The van der Waals surface area contributed by atoms with Gasteiger partial charge < -0.3 is 4.90 Å². The molecule has 0 saturated carbocycles. The maximum Gasteiger partial charge on any atom is 0.254 e. The number of carbonyl (C=O) groups excluding carboxylic acids is 1. The summed E-state index contributed by atoms with van der Waals surface area (Å²) < 4.78 is 1.99. The molecule has 7 heteroatoms. The third-order valence-electron chi connectivity index (χ3n) is 5.65. The van der Waals surface area contributed by atoms with Gasteiger partial charge in [0, 0.05) is 39.4 Å². The number of piperidine rings is 1. The lowest BCUT2D eigenvalue weighted by Gasteiger charge is -2.35. The van der Waals surface area contributed by atoms with Gasteiger partial charge in [0.05, 0.1) is 11.4 Å². The van der Waals surface area contributed by atoms with E-state index in [1.807, 2.05) is 30.6 Å². The highest BCUT2D eigenvalue weighted by molar-refractivity contribution is 6.07. The molecule has 0 aliphatic carbocycles. The van der Waals surface area contributed by atoms with Gasteiger partial charge in [0.2, 0.25) is 5.96 Å². The fourth-order valence-corrected chi connectivity index (χ4v) is 4.07. The second-order valence-corrected chi connectivity index (χ2v) is 8.10. The zero-order chi connectivity index (χ0) is 19.9. The van der Waals surface area contributed by atoms with E-state index in [-0.39, 0.29) is 5.91 Å². The van der Waals surface area contributed by atoms with Gasteiger partial charge in [-0.1, -0.05) is 12.1 Å². The van der Waals surface area contributed by atoms with E-state index in [2.05, 4.69) is 52.6 Å². The molecule has 0 radical (unpaired) electrons. The summed E-state index contributed by atoms with van der Waals surface area (Å²) in [6.07, 6.45) is 1.51. The van der Waals surface area contributed by atoms with Gasteiger partial charge in [0.15, 0.2) is 0 Å². The maximum absolute atomic E-state index is 12.5. The molecule has 1 saturated heterocycles. The number of likely N-dealkylation sites (tertiary alicyclic amines) is 1. The minimum atomic E-state index is -0.582. The van der Waals surface area contributed by atoms with Crippen LogP contribution in [-0.4, -0.2) is 64.2 Å². The lowest BCUT2D eigenvalue weighted by Crippen LogP contribution is -2.49. The van der Waals surface area contributed by atoms with Crippen LogP contribution in [0, 0.1) is 13.8 Å². The number of benzene rings is 1. The van der Waals surface area contributed by atoms with Crippen molar-refractivity contribution in [3.63, 3.8) is 0 Å². The van der Waals surface area contributed by atoms with Crippen molar-refractivity contribution in [1.82, 2.24) is 24.9 Å². The van der Waals surface area contributed by atoms with Crippen molar-refractivity contribution in [3.05, 3.63) is 47.3 Å². The molecule has 4 rings (SSSR count). The van der Waals surface area contributed by atoms with E-state index in [0.29, 0.717) is 5.96 Å². The number of aliphatic imine (C=N–C) groups is 1. The highest BCUT2D eigenvalue weighted by Gasteiger charge is 2.46. The number of aromatic nitrogens is 2. The van der Waals surface area contributed by atoms with Crippen molar-refractivity contribution in [2.24, 2.45) is 4.99 Å². The number of carbonyl (C=O) groups is 1. The van der Waals surface area contributed by atoms with E-state index < -0.39 is 5.54 Å². The predicted octanol–water partition coefficient (Wildman–Crippen LogP) is 1.87. The number of guanidine groups is 1. The van der Waals surface area contributed by atoms with Crippen molar-refractivity contribution in [2.75, 3.05) is 27.2 Å². The van der Waals surface area contributed by atoms with Crippen LogP contribution in [0.4, 0.5) is 0 Å². The average molecular weight is 380 g/mol. The molecular formula is C21H28N6O. The fraction of sp³-hybridized carbons (Fsp3) is 0.476. The van der Waals surface area contributed by atoms with Crippen molar-refractivity contribution >= 4 is 11.9 Å². The van der Waals surface area contributed by atoms with Crippen LogP contribution in [0.25, 0.3) is 5.69 Å². The van der Waals surface area contributed by atoms with Gasteiger partial charge in [-0.15, -0.1) is 0 Å². The summed E-state index contributed by atoms with van der Waals surface area (Å²) >= 11 is 0. The largest absolute Gasteiger partial charge is 0.349 e. The molecule has 0 bridgehead atoms. The van der Waals surface area contributed by atoms with Crippen molar-refractivity contribution in [1.29, 1.82) is 0 Å². The van der Waals surface area contributed by atoms with Gasteiger partial charge in [-0.2, -0.15) is 5.10 Å². The molecule has 1 fully saturated rings. The van der Waals surface area contributed by atoms with E-state index in [4.69, 9.17) is 4.99 Å². The summed E-state index contributed by atoms with van der Waals surface area (Å²) in [5, 5.41) is 7.51. The second-order valence-electron chi connectivity index (χ2n) is 8.10. The Bertz CT molecular complexity index is 921. The van der Waals surface area contributed by atoms with Crippen LogP contribution in [0.1, 0.15) is 29.8 Å². The van der Waals surface area contributed by atoms with Gasteiger partial charge in [-0.25, -0.2) is 9.67 Å². The Hall–Kier alpha value is -2.67. The molecule has 148 valence electrons. The van der Waals surface area contributed by atoms with Crippen LogP contribution >= 0.6 is 0 Å². The molecule has 2 aliphatic heterocycles. The molecule has 2 aromatic rings. The van der Waals surface area contributed by atoms with Gasteiger partial charge in [-0.3, -0.25) is 15.0 Å². The highest BCUT2D eigenvalue weighted by Crippen LogP contribution is 2.31. The first-order chi connectivity index (χ1) is 13.4. The summed E-state index contributed by atoms with van der Waals surface area (Å²) in [6.45, 7) is 6.69. The van der Waals surface area contributed by atoms with Crippen LogP contribution in [0.15, 0.2) is 35.3 Å². The Balaban J connectivity index is 1.44. The van der Waals surface area contributed by atoms with Crippen LogP contribution in [-0.2, 0) is 11.3 Å². The molecule has 1 amide bonds. The number of aryl methyl sites for hydroxylation is 2. The number of amides is 1. The summed E-state index contributed by atoms with van der Waals surface area (Å²) in [4.78, 5) is 21.5. The monoisotopic (exact) mass is 380 g/mol. The third-order valence-corrected chi connectivity index (χ3v) is 5.65. The minimum Gasteiger partial charge on any atom is -0.349 e. The summed E-state index contributed by atoms with van der Waals surface area (Å²) in [5.41, 5.74) is 3.93. The Labute approximate surface area is 166 Å². The Morgan fingerprint density at radius 2 is 1.93 bits per heavy atom. The molecule has 1 N–H and O–H groups in total. The van der Waals surface area contributed by atoms with Crippen LogP contribution in [0.5, 0.6) is 0 Å². The molecule has 7 nitrogen and oxygen atoms in total. The number of rotatable bonds is 3. The first-order valence-corrected chi connectivity index (χ1v) is 9.80. The number of nitrogens with one attached hydrogen (secondary N) is 1. The summed E-state index contributed by atoms with van der Waals surface area (Å²) in [6, 6.07) is 10.6. The molecular weight excluding hydrogens is 352 g/mol. The van der Waals surface area contributed by atoms with Crippen molar-refractivity contribution < 1.29 is 4.79 Å². The standard InChI is InChI=1S/C21H28N6O/c1-15-12-16(2)27(24-15)18-7-5-6-17(13-18)14-26-10-8-21(9-11-26)19(28)22-20(23-21)25(3)4/h5-7,12-13H,8-11,14H2,1-4H3,(H,22,23,28). The van der Waals surface area contributed by atoms with Gasteiger partial charge in [0.1, 0.15) is 5.54 Å². The fourth-order valence-electron chi connectivity index (χ4n) is 4.07. The summed E-state index contributed by atoms with van der Waals surface area (Å²) in [7, 11) is 3.81. The number of hydrogen-bond acceptors (Lipinski definition) is 5. The topological polar surface area (TPSA) is 65.8 Å². The molecule has 0 unspecified atom stereocenters. The Morgan fingerprint density at radius 3 is 2.54 bits per heavy atom. The second kappa shape index (κ2) is 7.05. The minimum absolute atomic E-state index is 0.0439. The van der Waals surface area contributed by atoms with E-state index >= 15 is 0 Å². The predicted molar refractivity (Wildman–Crippen MR) is 110 cm³/mol. The van der Waals surface area contributed by atoms with Crippen LogP contribution < -0.4 is 5.32 Å². The average Bonchev–Trinajstić information content (AvgIpc) is 3.17. The van der Waals surface area contributed by atoms with E-state index in [1.54, 1.807) is 0 Å².